The molecule has 0 radical (unpaired) electrons. The van der Waals surface area contributed by atoms with Gasteiger partial charge in [-0.25, -0.2) is 4.79 Å². The molecule has 158 valence electrons. The molecule has 8 heteroatoms. The first-order valence-corrected chi connectivity index (χ1v) is 10.2. The summed E-state index contributed by atoms with van der Waals surface area (Å²) in [5.74, 6) is -1.52. The second-order valence-corrected chi connectivity index (χ2v) is 7.21. The fourth-order valence-electron chi connectivity index (χ4n) is 2.46. The molecule has 0 fully saturated rings. The first kappa shape index (κ1) is 23.3. The number of carbonyl (C=O) groups excluding carboxylic acids is 4. The molecule has 2 aromatic rings. The van der Waals surface area contributed by atoms with Gasteiger partial charge in [0, 0.05) is 28.6 Å². The van der Waals surface area contributed by atoms with Gasteiger partial charge in [-0.15, -0.1) is 0 Å². The molecule has 0 aliphatic heterocycles. The fraction of sp³-hybridized carbons (Fsp3) is 0.273. The maximum atomic E-state index is 12.0. The van der Waals surface area contributed by atoms with Crippen LogP contribution < -0.4 is 5.32 Å². The van der Waals surface area contributed by atoms with Gasteiger partial charge in [0.1, 0.15) is 0 Å². The zero-order chi connectivity index (χ0) is 21.9. The van der Waals surface area contributed by atoms with Crippen LogP contribution in [0.15, 0.2) is 53.0 Å². The number of Topliss-reactive ketones (excluding diaryl/α,β-unsaturated/α-hetero) is 1. The lowest BCUT2D eigenvalue weighted by Crippen LogP contribution is -2.15. The van der Waals surface area contributed by atoms with Gasteiger partial charge >= 0.3 is 11.9 Å². The lowest BCUT2D eigenvalue weighted by Gasteiger charge is -2.07. The van der Waals surface area contributed by atoms with E-state index in [2.05, 4.69) is 21.2 Å². The lowest BCUT2D eigenvalue weighted by atomic mass is 10.1. The molecule has 30 heavy (non-hydrogen) atoms. The molecule has 7 nitrogen and oxygen atoms in total. The molecule has 2 aromatic carbocycles. The number of carbonyl (C=O) groups is 4. The van der Waals surface area contributed by atoms with E-state index >= 15 is 0 Å². The molecule has 0 aliphatic rings. The Morgan fingerprint density at radius 1 is 0.867 bits per heavy atom. The zero-order valence-electron chi connectivity index (χ0n) is 16.5. The van der Waals surface area contributed by atoms with E-state index in [0.717, 1.165) is 4.47 Å². The third kappa shape index (κ3) is 7.79. The molecule has 0 heterocycles. The maximum absolute atomic E-state index is 12.0. The van der Waals surface area contributed by atoms with Crippen molar-refractivity contribution in [1.29, 1.82) is 0 Å². The number of halogens is 1. The minimum atomic E-state index is -0.535. The summed E-state index contributed by atoms with van der Waals surface area (Å²) in [5.41, 5.74) is 1.39. The summed E-state index contributed by atoms with van der Waals surface area (Å²) in [6, 6.07) is 13.1. The van der Waals surface area contributed by atoms with Crippen molar-refractivity contribution >= 4 is 45.2 Å². The molecular formula is C22H22BrNO6. The Kier molecular flexibility index (Phi) is 9.21. The van der Waals surface area contributed by atoms with Gasteiger partial charge < -0.3 is 14.8 Å². The molecular weight excluding hydrogens is 454 g/mol. The van der Waals surface area contributed by atoms with Crippen molar-refractivity contribution in [3.8, 4) is 0 Å². The number of nitrogens with one attached hydrogen (secondary N) is 1. The van der Waals surface area contributed by atoms with Crippen LogP contribution in [-0.4, -0.2) is 36.8 Å². The number of anilines is 1. The third-order valence-corrected chi connectivity index (χ3v) is 4.52. The Balaban J connectivity index is 1.67. The highest BCUT2D eigenvalue weighted by molar-refractivity contribution is 9.10. The predicted molar refractivity (Wildman–Crippen MR) is 114 cm³/mol. The molecule has 0 spiro atoms. The molecule has 0 aliphatic carbocycles. The van der Waals surface area contributed by atoms with Gasteiger partial charge in [-0.3, -0.25) is 14.4 Å². The Labute approximate surface area is 182 Å². The average Bonchev–Trinajstić information content (AvgIpc) is 2.73. The van der Waals surface area contributed by atoms with Crippen LogP contribution in [0.4, 0.5) is 5.69 Å². The number of benzene rings is 2. The first-order chi connectivity index (χ1) is 14.4. The third-order valence-electron chi connectivity index (χ3n) is 3.99. The summed E-state index contributed by atoms with van der Waals surface area (Å²) >= 11 is 3.28. The van der Waals surface area contributed by atoms with Crippen LogP contribution in [0.1, 0.15) is 46.9 Å². The quantitative estimate of drug-likeness (QED) is 0.409. The van der Waals surface area contributed by atoms with Gasteiger partial charge in [-0.05, 0) is 49.7 Å². The Morgan fingerprint density at radius 3 is 2.13 bits per heavy atom. The van der Waals surface area contributed by atoms with Gasteiger partial charge in [-0.1, -0.05) is 28.1 Å². The molecule has 0 aromatic heterocycles. The number of hydrogen-bond acceptors (Lipinski definition) is 6. The molecule has 0 bridgehead atoms. The van der Waals surface area contributed by atoms with Gasteiger partial charge in [0.05, 0.1) is 12.2 Å². The number of hydrogen-bond donors (Lipinski definition) is 1. The molecule has 0 unspecified atom stereocenters. The number of ketones is 1. The number of rotatable bonds is 10. The van der Waals surface area contributed by atoms with Crippen molar-refractivity contribution in [2.75, 3.05) is 18.5 Å². The number of amides is 1. The van der Waals surface area contributed by atoms with E-state index in [1.165, 1.54) is 0 Å². The number of esters is 2. The van der Waals surface area contributed by atoms with Crippen LogP contribution in [0.5, 0.6) is 0 Å². The molecule has 1 N–H and O–H groups in total. The van der Waals surface area contributed by atoms with Crippen LogP contribution in [0.3, 0.4) is 0 Å². The molecule has 0 saturated heterocycles. The lowest BCUT2D eigenvalue weighted by molar-refractivity contribution is -0.142. The molecule has 2 rings (SSSR count). The van der Waals surface area contributed by atoms with E-state index in [-0.39, 0.29) is 44.2 Å². The van der Waals surface area contributed by atoms with Crippen LogP contribution >= 0.6 is 15.9 Å². The smallest absolute Gasteiger partial charge is 0.338 e. The van der Waals surface area contributed by atoms with Gasteiger partial charge in [0.2, 0.25) is 5.91 Å². The van der Waals surface area contributed by atoms with Gasteiger partial charge in [0.15, 0.2) is 12.4 Å². The summed E-state index contributed by atoms with van der Waals surface area (Å²) in [4.78, 5) is 47.3. The van der Waals surface area contributed by atoms with E-state index in [1.807, 2.05) is 0 Å². The van der Waals surface area contributed by atoms with E-state index in [9.17, 15) is 19.2 Å². The van der Waals surface area contributed by atoms with Crippen LogP contribution in [-0.2, 0) is 19.1 Å². The maximum Gasteiger partial charge on any atom is 0.338 e. The highest BCUT2D eigenvalue weighted by Crippen LogP contribution is 2.13. The van der Waals surface area contributed by atoms with Crippen LogP contribution in [0.25, 0.3) is 0 Å². The van der Waals surface area contributed by atoms with Crippen LogP contribution in [0, 0.1) is 0 Å². The Bertz CT molecular complexity index is 893. The Morgan fingerprint density at radius 2 is 1.50 bits per heavy atom. The van der Waals surface area contributed by atoms with E-state index in [0.29, 0.717) is 16.8 Å². The highest BCUT2D eigenvalue weighted by Gasteiger charge is 2.11. The van der Waals surface area contributed by atoms with E-state index < -0.39 is 11.9 Å². The van der Waals surface area contributed by atoms with Crippen LogP contribution in [0.2, 0.25) is 0 Å². The van der Waals surface area contributed by atoms with Crippen molar-refractivity contribution in [3.63, 3.8) is 0 Å². The molecule has 0 saturated carbocycles. The summed E-state index contributed by atoms with van der Waals surface area (Å²) in [6.07, 6.45) is 0.441. The second kappa shape index (κ2) is 11.9. The van der Waals surface area contributed by atoms with Crippen molar-refractivity contribution in [2.24, 2.45) is 0 Å². The predicted octanol–water partition coefficient (Wildman–Crippen LogP) is 4.16. The summed E-state index contributed by atoms with van der Waals surface area (Å²) in [5, 5.41) is 2.69. The minimum absolute atomic E-state index is 0.0306. The largest absolute Gasteiger partial charge is 0.462 e. The average molecular weight is 476 g/mol. The minimum Gasteiger partial charge on any atom is -0.462 e. The summed E-state index contributed by atoms with van der Waals surface area (Å²) < 4.78 is 10.7. The SMILES string of the molecule is CCOC(=O)c1ccc(NC(=O)CCCC(=O)OCC(=O)c2ccc(Br)cc2)cc1. The number of ether oxygens (including phenoxy) is 2. The van der Waals surface area contributed by atoms with Gasteiger partial charge in [-0.2, -0.15) is 0 Å². The molecule has 0 atom stereocenters. The summed E-state index contributed by atoms with van der Waals surface area (Å²) in [7, 11) is 0. The van der Waals surface area contributed by atoms with Gasteiger partial charge in [0.25, 0.3) is 0 Å². The van der Waals surface area contributed by atoms with E-state index in [4.69, 9.17) is 9.47 Å². The second-order valence-electron chi connectivity index (χ2n) is 6.29. The summed E-state index contributed by atoms with van der Waals surface area (Å²) in [6.45, 7) is 1.68. The standard InChI is InChI=1S/C22H22BrNO6/c1-2-29-22(28)16-8-12-18(13-9-16)24-20(26)4-3-5-21(27)30-14-19(25)15-6-10-17(23)11-7-15/h6-13H,2-5,14H2,1H3,(H,24,26). The normalized spacial score (nSPS) is 10.2. The van der Waals surface area contributed by atoms with Crippen molar-refractivity contribution < 1.29 is 28.7 Å². The fourth-order valence-corrected chi connectivity index (χ4v) is 2.72. The Hall–Kier alpha value is -3.00. The molecule has 1 amide bonds. The highest BCUT2D eigenvalue weighted by atomic mass is 79.9. The monoisotopic (exact) mass is 475 g/mol. The van der Waals surface area contributed by atoms with Crippen molar-refractivity contribution in [3.05, 3.63) is 64.1 Å². The zero-order valence-corrected chi connectivity index (χ0v) is 18.1. The van der Waals surface area contributed by atoms with E-state index in [1.54, 1.807) is 55.5 Å². The van der Waals surface area contributed by atoms with Crippen molar-refractivity contribution in [2.45, 2.75) is 26.2 Å². The van der Waals surface area contributed by atoms with Crippen molar-refractivity contribution in [1.82, 2.24) is 0 Å². The topological polar surface area (TPSA) is 98.8 Å². The first-order valence-electron chi connectivity index (χ1n) is 9.40.